The van der Waals surface area contributed by atoms with Gasteiger partial charge in [-0.1, -0.05) is 23.9 Å². The number of imidazole rings is 1. The van der Waals surface area contributed by atoms with Crippen molar-refractivity contribution in [3.8, 4) is 5.75 Å². The van der Waals surface area contributed by atoms with Gasteiger partial charge >= 0.3 is 0 Å². The lowest BCUT2D eigenvalue weighted by Gasteiger charge is -2.04. The number of H-pyrrole nitrogens is 1. The van der Waals surface area contributed by atoms with Gasteiger partial charge in [0.2, 0.25) is 0 Å². The maximum Gasteiger partial charge on any atom is 0.181 e. The van der Waals surface area contributed by atoms with Crippen molar-refractivity contribution >= 4 is 28.7 Å². The summed E-state index contributed by atoms with van der Waals surface area (Å²) in [6.45, 7) is 0. The number of hydrogen-bond donors (Lipinski definition) is 1. The van der Waals surface area contributed by atoms with Crippen molar-refractivity contribution in [1.82, 2.24) is 19.9 Å². The summed E-state index contributed by atoms with van der Waals surface area (Å²) in [5, 5.41) is 0.716. The van der Waals surface area contributed by atoms with Crippen molar-refractivity contribution in [2.75, 3.05) is 12.9 Å². The smallest absolute Gasteiger partial charge is 0.181 e. The van der Waals surface area contributed by atoms with Crippen LogP contribution in [0.15, 0.2) is 41.9 Å². The number of aromatic nitrogens is 4. The molecule has 0 radical (unpaired) electrons. The Bertz CT molecular complexity index is 787. The molecule has 1 aromatic carbocycles. The van der Waals surface area contributed by atoms with Crippen LogP contribution in [0.2, 0.25) is 0 Å². The monoisotopic (exact) mass is 300 g/mol. The molecule has 0 saturated heterocycles. The number of rotatable bonds is 5. The normalized spacial score (nSPS) is 10.7. The van der Waals surface area contributed by atoms with Gasteiger partial charge in [0.15, 0.2) is 11.4 Å². The van der Waals surface area contributed by atoms with Crippen molar-refractivity contribution in [1.29, 1.82) is 0 Å². The summed E-state index contributed by atoms with van der Waals surface area (Å²) in [7, 11) is 1.58. The molecule has 2 heterocycles. The van der Waals surface area contributed by atoms with Gasteiger partial charge in [0.05, 0.1) is 19.2 Å². The molecule has 0 aliphatic carbocycles. The Labute approximate surface area is 125 Å². The molecular formula is C14H12N4O2S. The minimum Gasteiger partial charge on any atom is -0.497 e. The van der Waals surface area contributed by atoms with Crippen LogP contribution in [0.3, 0.4) is 0 Å². The van der Waals surface area contributed by atoms with Crippen molar-refractivity contribution < 1.29 is 9.53 Å². The van der Waals surface area contributed by atoms with Gasteiger partial charge in [-0.15, -0.1) is 0 Å². The van der Waals surface area contributed by atoms with E-state index in [1.54, 1.807) is 31.6 Å². The highest BCUT2D eigenvalue weighted by atomic mass is 32.2. The van der Waals surface area contributed by atoms with Crippen LogP contribution in [0.4, 0.5) is 0 Å². The van der Waals surface area contributed by atoms with E-state index < -0.39 is 0 Å². The predicted octanol–water partition coefficient (Wildman–Crippen LogP) is 2.34. The fourth-order valence-corrected chi connectivity index (χ4v) is 2.72. The highest BCUT2D eigenvalue weighted by molar-refractivity contribution is 8.00. The number of Topliss-reactive ketones (excluding diaryl/α,β-unsaturated/α-hetero) is 1. The van der Waals surface area contributed by atoms with Crippen molar-refractivity contribution in [2.24, 2.45) is 0 Å². The molecule has 7 heteroatoms. The van der Waals surface area contributed by atoms with E-state index in [4.69, 9.17) is 4.74 Å². The Morgan fingerprint density at radius 2 is 2.24 bits per heavy atom. The van der Waals surface area contributed by atoms with Crippen molar-refractivity contribution in [3.63, 3.8) is 0 Å². The number of thioether (sulfide) groups is 1. The van der Waals surface area contributed by atoms with Crippen LogP contribution in [0.25, 0.3) is 11.2 Å². The number of carbonyl (C=O) groups is 1. The van der Waals surface area contributed by atoms with Gasteiger partial charge < -0.3 is 9.72 Å². The predicted molar refractivity (Wildman–Crippen MR) is 79.7 cm³/mol. The number of hydrogen-bond acceptors (Lipinski definition) is 6. The van der Waals surface area contributed by atoms with E-state index >= 15 is 0 Å². The lowest BCUT2D eigenvalue weighted by Crippen LogP contribution is -2.03. The fourth-order valence-electron chi connectivity index (χ4n) is 1.87. The SMILES string of the molecule is COc1cccc(C(=O)CSc2ncnc3nc[nH]c23)c1. The summed E-state index contributed by atoms with van der Waals surface area (Å²) in [6.07, 6.45) is 3.01. The Balaban J connectivity index is 1.75. The van der Waals surface area contributed by atoms with E-state index in [2.05, 4.69) is 19.9 Å². The molecule has 0 spiro atoms. The first-order valence-corrected chi connectivity index (χ1v) is 7.20. The number of benzene rings is 1. The molecule has 1 N–H and O–H groups in total. The molecule has 0 aliphatic rings. The van der Waals surface area contributed by atoms with Crippen molar-refractivity contribution in [2.45, 2.75) is 5.03 Å². The van der Waals surface area contributed by atoms with E-state index in [9.17, 15) is 4.79 Å². The highest BCUT2D eigenvalue weighted by Crippen LogP contribution is 2.23. The third kappa shape index (κ3) is 2.87. The van der Waals surface area contributed by atoms with Gasteiger partial charge in [-0.3, -0.25) is 4.79 Å². The number of fused-ring (bicyclic) bond motifs is 1. The zero-order chi connectivity index (χ0) is 14.7. The molecule has 0 unspecified atom stereocenters. The Morgan fingerprint density at radius 1 is 1.33 bits per heavy atom. The lowest BCUT2D eigenvalue weighted by atomic mass is 10.1. The highest BCUT2D eigenvalue weighted by Gasteiger charge is 2.11. The fraction of sp³-hybridized carbons (Fsp3) is 0.143. The molecule has 0 atom stereocenters. The largest absolute Gasteiger partial charge is 0.497 e. The van der Waals surface area contributed by atoms with E-state index in [0.717, 1.165) is 5.52 Å². The van der Waals surface area contributed by atoms with Crippen LogP contribution >= 0.6 is 11.8 Å². The molecule has 0 saturated carbocycles. The maximum atomic E-state index is 12.2. The van der Waals surface area contributed by atoms with E-state index in [-0.39, 0.29) is 11.5 Å². The van der Waals surface area contributed by atoms with Gasteiger partial charge in [0.1, 0.15) is 22.6 Å². The molecule has 3 rings (SSSR count). The summed E-state index contributed by atoms with van der Waals surface area (Å²) >= 11 is 1.36. The summed E-state index contributed by atoms with van der Waals surface area (Å²) in [4.78, 5) is 27.5. The molecule has 106 valence electrons. The third-order valence-electron chi connectivity index (χ3n) is 2.92. The average Bonchev–Trinajstić information content (AvgIpc) is 3.01. The van der Waals surface area contributed by atoms with E-state index in [1.807, 2.05) is 6.07 Å². The number of aromatic amines is 1. The summed E-state index contributed by atoms with van der Waals surface area (Å²) in [5.74, 6) is 0.979. The zero-order valence-corrected chi connectivity index (χ0v) is 12.1. The number of ether oxygens (including phenoxy) is 1. The second-order valence-electron chi connectivity index (χ2n) is 4.22. The van der Waals surface area contributed by atoms with Crippen LogP contribution in [-0.2, 0) is 0 Å². The second-order valence-corrected chi connectivity index (χ2v) is 5.19. The third-order valence-corrected chi connectivity index (χ3v) is 3.91. The molecule has 0 aliphatic heterocycles. The van der Waals surface area contributed by atoms with Gasteiger partial charge in [-0.2, -0.15) is 0 Å². The quantitative estimate of drug-likeness (QED) is 0.442. The first-order valence-electron chi connectivity index (χ1n) is 6.22. The molecule has 0 fully saturated rings. The van der Waals surface area contributed by atoms with Crippen LogP contribution < -0.4 is 4.74 Å². The summed E-state index contributed by atoms with van der Waals surface area (Å²) in [6, 6.07) is 7.11. The van der Waals surface area contributed by atoms with E-state index in [0.29, 0.717) is 22.0 Å². The topological polar surface area (TPSA) is 80.8 Å². The number of nitrogens with one attached hydrogen (secondary N) is 1. The van der Waals surface area contributed by atoms with E-state index in [1.165, 1.54) is 18.1 Å². The number of carbonyl (C=O) groups excluding carboxylic acids is 1. The number of nitrogens with zero attached hydrogens (tertiary/aromatic N) is 3. The second kappa shape index (κ2) is 5.92. The number of methoxy groups -OCH3 is 1. The zero-order valence-electron chi connectivity index (χ0n) is 11.2. The van der Waals surface area contributed by atoms with Gasteiger partial charge in [-0.25, -0.2) is 15.0 Å². The van der Waals surface area contributed by atoms with Crippen LogP contribution in [0.1, 0.15) is 10.4 Å². The minimum absolute atomic E-state index is 0.0187. The maximum absolute atomic E-state index is 12.2. The summed E-state index contributed by atoms with van der Waals surface area (Å²) in [5.41, 5.74) is 1.97. The van der Waals surface area contributed by atoms with Gasteiger partial charge in [-0.05, 0) is 12.1 Å². The van der Waals surface area contributed by atoms with Gasteiger partial charge in [0.25, 0.3) is 0 Å². The van der Waals surface area contributed by atoms with Crippen LogP contribution in [-0.4, -0.2) is 38.6 Å². The van der Waals surface area contributed by atoms with Gasteiger partial charge in [0, 0.05) is 5.56 Å². The molecular weight excluding hydrogens is 288 g/mol. The molecule has 6 nitrogen and oxygen atoms in total. The molecule has 0 bridgehead atoms. The number of ketones is 1. The molecule has 0 amide bonds. The molecule has 21 heavy (non-hydrogen) atoms. The Kier molecular flexibility index (Phi) is 3.83. The lowest BCUT2D eigenvalue weighted by molar-refractivity contribution is 0.102. The Hall–Kier alpha value is -2.41. The van der Waals surface area contributed by atoms with Crippen LogP contribution in [0, 0.1) is 0 Å². The first kappa shape index (κ1) is 13.6. The van der Waals surface area contributed by atoms with Crippen LogP contribution in [0.5, 0.6) is 5.75 Å². The molecule has 2 aromatic heterocycles. The van der Waals surface area contributed by atoms with Crippen molar-refractivity contribution in [3.05, 3.63) is 42.5 Å². The standard InChI is InChI=1S/C14H12N4O2S/c1-20-10-4-2-3-9(5-10)11(19)6-21-14-12-13(16-7-15-12)17-8-18-14/h2-5,7-8H,6H2,1H3,(H,15,16,17,18). The summed E-state index contributed by atoms with van der Waals surface area (Å²) < 4.78 is 5.12. The average molecular weight is 300 g/mol. The molecule has 3 aromatic rings. The Morgan fingerprint density at radius 3 is 3.10 bits per heavy atom. The minimum atomic E-state index is 0.0187. The first-order chi connectivity index (χ1) is 10.3.